The molecule has 0 aliphatic carbocycles. The summed E-state index contributed by atoms with van der Waals surface area (Å²) in [6.45, 7) is 2.05. The van der Waals surface area contributed by atoms with Crippen molar-refractivity contribution in [3.8, 4) is 0 Å². The molecular formula is C20H18BrN3O2. The second kappa shape index (κ2) is 8.19. The number of rotatable bonds is 6. The molecule has 0 aliphatic rings. The standard InChI is InChI=1S/C20H18BrN3O2/c1-13-4-2-3-5-16(13)18(14-6-8-15(21)9-7-14)12-19(24-26)17-10-11-22-23-20(17)25/h2-11,18-19H,12H2,1H3,(H,23,25). The van der Waals surface area contributed by atoms with E-state index in [0.717, 1.165) is 21.2 Å². The van der Waals surface area contributed by atoms with Crippen LogP contribution in [0.4, 0.5) is 0 Å². The first-order valence-electron chi connectivity index (χ1n) is 8.27. The van der Waals surface area contributed by atoms with Crippen LogP contribution in [0.5, 0.6) is 0 Å². The second-order valence-electron chi connectivity index (χ2n) is 6.16. The zero-order valence-corrected chi connectivity index (χ0v) is 15.8. The third kappa shape index (κ3) is 3.96. The minimum atomic E-state index is -0.755. The van der Waals surface area contributed by atoms with Crippen LogP contribution < -0.4 is 5.56 Å². The van der Waals surface area contributed by atoms with Crippen molar-refractivity contribution in [3.63, 3.8) is 0 Å². The van der Waals surface area contributed by atoms with Gasteiger partial charge < -0.3 is 0 Å². The van der Waals surface area contributed by atoms with Crippen LogP contribution >= 0.6 is 15.9 Å². The summed E-state index contributed by atoms with van der Waals surface area (Å²) >= 11 is 3.46. The van der Waals surface area contributed by atoms with Crippen molar-refractivity contribution in [2.45, 2.75) is 25.3 Å². The molecule has 5 nitrogen and oxygen atoms in total. The van der Waals surface area contributed by atoms with Gasteiger partial charge >= 0.3 is 0 Å². The quantitative estimate of drug-likeness (QED) is 0.587. The molecule has 1 aromatic heterocycles. The van der Waals surface area contributed by atoms with Crippen LogP contribution in [0.25, 0.3) is 0 Å². The van der Waals surface area contributed by atoms with Crippen LogP contribution in [0.1, 0.15) is 40.6 Å². The van der Waals surface area contributed by atoms with E-state index in [4.69, 9.17) is 0 Å². The summed E-state index contributed by atoms with van der Waals surface area (Å²) in [5, 5.41) is 9.32. The first kappa shape index (κ1) is 18.2. The van der Waals surface area contributed by atoms with Crippen LogP contribution in [-0.4, -0.2) is 10.2 Å². The van der Waals surface area contributed by atoms with Gasteiger partial charge in [-0.05, 0) is 48.2 Å². The molecule has 1 heterocycles. The van der Waals surface area contributed by atoms with Crippen molar-refractivity contribution in [2.75, 3.05) is 0 Å². The molecule has 0 spiro atoms. The summed E-state index contributed by atoms with van der Waals surface area (Å²) in [5.41, 5.74) is 3.28. The number of hydrogen-bond donors (Lipinski definition) is 1. The normalized spacial score (nSPS) is 13.2. The van der Waals surface area contributed by atoms with Crippen molar-refractivity contribution in [2.24, 2.45) is 5.18 Å². The van der Waals surface area contributed by atoms with Gasteiger partial charge in [0.2, 0.25) is 0 Å². The molecule has 3 aromatic rings. The fraction of sp³-hybridized carbons (Fsp3) is 0.200. The molecule has 0 saturated heterocycles. The van der Waals surface area contributed by atoms with Gasteiger partial charge in [0.25, 0.3) is 5.56 Å². The highest BCUT2D eigenvalue weighted by Gasteiger charge is 2.25. The zero-order chi connectivity index (χ0) is 18.5. The average molecular weight is 412 g/mol. The maximum Gasteiger partial charge on any atom is 0.269 e. The monoisotopic (exact) mass is 411 g/mol. The molecule has 1 N–H and O–H groups in total. The van der Waals surface area contributed by atoms with Gasteiger partial charge in [-0.3, -0.25) is 4.79 Å². The summed E-state index contributed by atoms with van der Waals surface area (Å²) in [5.74, 6) is -0.0560. The summed E-state index contributed by atoms with van der Waals surface area (Å²) in [4.78, 5) is 23.6. The topological polar surface area (TPSA) is 75.2 Å². The van der Waals surface area contributed by atoms with Gasteiger partial charge in [-0.25, -0.2) is 5.10 Å². The van der Waals surface area contributed by atoms with E-state index in [2.05, 4.69) is 37.4 Å². The van der Waals surface area contributed by atoms with E-state index in [-0.39, 0.29) is 11.5 Å². The molecule has 132 valence electrons. The predicted octanol–water partition coefficient (Wildman–Crippen LogP) is 4.87. The number of hydrogen-bond acceptors (Lipinski definition) is 4. The molecule has 0 saturated carbocycles. The lowest BCUT2D eigenvalue weighted by Crippen LogP contribution is -2.18. The van der Waals surface area contributed by atoms with Crippen molar-refractivity contribution in [1.82, 2.24) is 10.2 Å². The Kier molecular flexibility index (Phi) is 5.73. The zero-order valence-electron chi connectivity index (χ0n) is 14.2. The SMILES string of the molecule is Cc1ccccc1C(CC(N=O)c1ccn[nH]c1=O)c1ccc(Br)cc1. The number of halogens is 1. The molecule has 0 aliphatic heterocycles. The van der Waals surface area contributed by atoms with Crippen LogP contribution in [0.15, 0.2) is 75.2 Å². The molecule has 0 radical (unpaired) electrons. The van der Waals surface area contributed by atoms with Crippen LogP contribution in [0.3, 0.4) is 0 Å². The van der Waals surface area contributed by atoms with Gasteiger partial charge in [0.15, 0.2) is 0 Å². The van der Waals surface area contributed by atoms with E-state index in [1.807, 2.05) is 49.4 Å². The molecule has 2 aromatic carbocycles. The largest absolute Gasteiger partial charge is 0.269 e. The second-order valence-corrected chi connectivity index (χ2v) is 7.07. The Labute approximate surface area is 159 Å². The number of H-pyrrole nitrogens is 1. The summed E-state index contributed by atoms with van der Waals surface area (Å²) < 4.78 is 0.987. The summed E-state index contributed by atoms with van der Waals surface area (Å²) in [6.07, 6.45) is 1.88. The highest BCUT2D eigenvalue weighted by molar-refractivity contribution is 9.10. The summed E-state index contributed by atoms with van der Waals surface area (Å²) in [6, 6.07) is 16.9. The van der Waals surface area contributed by atoms with E-state index in [9.17, 15) is 9.70 Å². The van der Waals surface area contributed by atoms with Crippen molar-refractivity contribution in [3.05, 3.63) is 103 Å². The van der Waals surface area contributed by atoms with Crippen molar-refractivity contribution >= 4 is 15.9 Å². The fourth-order valence-corrected chi connectivity index (χ4v) is 3.45. The third-order valence-electron chi connectivity index (χ3n) is 4.54. The average Bonchev–Trinajstić information content (AvgIpc) is 2.65. The van der Waals surface area contributed by atoms with E-state index >= 15 is 0 Å². The van der Waals surface area contributed by atoms with Crippen molar-refractivity contribution < 1.29 is 0 Å². The minimum absolute atomic E-state index is 0.0560. The van der Waals surface area contributed by atoms with Crippen LogP contribution in [-0.2, 0) is 0 Å². The fourth-order valence-electron chi connectivity index (χ4n) is 3.18. The molecule has 3 rings (SSSR count). The van der Waals surface area contributed by atoms with E-state index < -0.39 is 6.04 Å². The third-order valence-corrected chi connectivity index (χ3v) is 5.07. The number of nitrogens with zero attached hydrogens (tertiary/aromatic N) is 2. The van der Waals surface area contributed by atoms with E-state index in [1.54, 1.807) is 6.07 Å². The van der Waals surface area contributed by atoms with E-state index in [0.29, 0.717) is 12.0 Å². The lowest BCUT2D eigenvalue weighted by Gasteiger charge is -2.22. The number of aromatic nitrogens is 2. The minimum Gasteiger partial charge on any atom is -0.268 e. The lowest BCUT2D eigenvalue weighted by atomic mass is 9.83. The maximum absolute atomic E-state index is 12.1. The van der Waals surface area contributed by atoms with Crippen molar-refractivity contribution in [1.29, 1.82) is 0 Å². The number of nitroso groups, excluding NO2 is 1. The molecule has 6 heteroatoms. The first-order chi connectivity index (χ1) is 12.6. The Morgan fingerprint density at radius 3 is 2.46 bits per heavy atom. The summed E-state index contributed by atoms with van der Waals surface area (Å²) in [7, 11) is 0. The van der Waals surface area contributed by atoms with Crippen LogP contribution in [0.2, 0.25) is 0 Å². The predicted molar refractivity (Wildman–Crippen MR) is 105 cm³/mol. The Bertz CT molecular complexity index is 954. The van der Waals surface area contributed by atoms with Crippen LogP contribution in [0, 0.1) is 11.8 Å². The Balaban J connectivity index is 2.04. The molecular weight excluding hydrogens is 394 g/mol. The molecule has 2 unspecified atom stereocenters. The Hall–Kier alpha value is -2.60. The number of nitrogens with one attached hydrogen (secondary N) is 1. The smallest absolute Gasteiger partial charge is 0.268 e. The molecule has 0 amide bonds. The van der Waals surface area contributed by atoms with Gasteiger partial charge in [-0.1, -0.05) is 57.5 Å². The highest BCUT2D eigenvalue weighted by atomic mass is 79.9. The molecule has 0 fully saturated rings. The number of benzene rings is 2. The van der Waals surface area contributed by atoms with E-state index in [1.165, 1.54) is 6.20 Å². The number of aromatic amines is 1. The Morgan fingerprint density at radius 1 is 1.08 bits per heavy atom. The maximum atomic E-state index is 12.1. The Morgan fingerprint density at radius 2 is 1.81 bits per heavy atom. The number of aryl methyl sites for hydroxylation is 1. The molecule has 2 atom stereocenters. The van der Waals surface area contributed by atoms with Gasteiger partial charge in [0, 0.05) is 22.2 Å². The molecule has 26 heavy (non-hydrogen) atoms. The first-order valence-corrected chi connectivity index (χ1v) is 9.06. The van der Waals surface area contributed by atoms with Gasteiger partial charge in [-0.2, -0.15) is 10.0 Å². The lowest BCUT2D eigenvalue weighted by molar-refractivity contribution is 0.585. The molecule has 0 bridgehead atoms. The van der Waals surface area contributed by atoms with Gasteiger partial charge in [-0.15, -0.1) is 0 Å². The van der Waals surface area contributed by atoms with Gasteiger partial charge in [0.05, 0.1) is 0 Å². The highest BCUT2D eigenvalue weighted by Crippen LogP contribution is 2.36. The van der Waals surface area contributed by atoms with Gasteiger partial charge in [0.1, 0.15) is 6.04 Å².